The first kappa shape index (κ1) is 42.5. The number of aliphatic hydroxyl groups excluding tert-OH is 2. The molecule has 54 heavy (non-hydrogen) atoms. The largest absolute Gasteiger partial charge is 0.508 e. The standard InChI is InChI=1S/C24H33Cl2NO5.C20H16O2/c25-21-7-5-19(22(26)14-21)17-32-12-11-31-10-4-2-1-3-9-27-15-24(30)18-6-8-23(29)20(13-18)16-28;21-19(22)20(16-10-4-1-5-11-16,17-12-6-2-7-13-17)18-14-8-3-9-15-18/h5-8,13-14,24,27-30H,1-4,9-12,15-17H2;1-15H,(H,21,22)/t24-;/m0./s1. The van der Waals surface area contributed by atoms with Gasteiger partial charge in [-0.1, -0.05) is 139 Å². The van der Waals surface area contributed by atoms with Crippen molar-refractivity contribution >= 4 is 29.2 Å². The number of phenols is 1. The van der Waals surface area contributed by atoms with E-state index in [4.69, 9.17) is 32.7 Å². The SMILES string of the molecule is O=C(O)C(c1ccccc1)(c1ccccc1)c1ccccc1.OCc1cc([C@@H](O)CNCCCCCCOCCOCc2ccc(Cl)cc2Cl)ccc1O. The van der Waals surface area contributed by atoms with Crippen LogP contribution in [0.4, 0.5) is 0 Å². The van der Waals surface area contributed by atoms with Crippen LogP contribution in [0.5, 0.6) is 5.75 Å². The normalized spacial score (nSPS) is 11.8. The highest BCUT2D eigenvalue weighted by molar-refractivity contribution is 6.35. The molecule has 5 aromatic rings. The number of aromatic hydroxyl groups is 1. The zero-order valence-electron chi connectivity index (χ0n) is 30.2. The number of unbranched alkanes of at least 4 members (excludes halogenated alkanes) is 3. The van der Waals surface area contributed by atoms with Gasteiger partial charge >= 0.3 is 5.97 Å². The lowest BCUT2D eigenvalue weighted by atomic mass is 9.69. The molecule has 0 saturated heterocycles. The number of aliphatic hydroxyl groups is 2. The second-order valence-corrected chi connectivity index (χ2v) is 13.6. The number of hydrogen-bond acceptors (Lipinski definition) is 7. The molecule has 0 amide bonds. The molecule has 0 spiro atoms. The summed E-state index contributed by atoms with van der Waals surface area (Å²) in [5.41, 5.74) is 3.05. The van der Waals surface area contributed by atoms with Gasteiger partial charge in [-0.25, -0.2) is 0 Å². The molecule has 0 fully saturated rings. The summed E-state index contributed by atoms with van der Waals surface area (Å²) in [6, 6.07) is 38.3. The van der Waals surface area contributed by atoms with Gasteiger partial charge in [0.1, 0.15) is 11.2 Å². The molecule has 1 atom stereocenters. The van der Waals surface area contributed by atoms with Crippen LogP contribution in [0.15, 0.2) is 127 Å². The van der Waals surface area contributed by atoms with Crippen LogP contribution in [0.25, 0.3) is 0 Å². The fourth-order valence-corrected chi connectivity index (χ4v) is 6.54. The molecule has 0 aliphatic heterocycles. The first-order chi connectivity index (χ1) is 26.3. The predicted molar refractivity (Wildman–Crippen MR) is 214 cm³/mol. The molecule has 0 aliphatic rings. The van der Waals surface area contributed by atoms with Crippen LogP contribution in [0, 0.1) is 0 Å². The minimum absolute atomic E-state index is 0.0377. The third-order valence-corrected chi connectivity index (χ3v) is 9.56. The van der Waals surface area contributed by atoms with E-state index in [9.17, 15) is 25.2 Å². The number of carbonyl (C=O) groups is 1. The van der Waals surface area contributed by atoms with Crippen molar-refractivity contribution in [2.24, 2.45) is 0 Å². The third-order valence-electron chi connectivity index (χ3n) is 8.97. The van der Waals surface area contributed by atoms with Crippen molar-refractivity contribution in [1.29, 1.82) is 0 Å². The number of rotatable bonds is 20. The third kappa shape index (κ3) is 12.4. The van der Waals surface area contributed by atoms with Gasteiger partial charge in [-0.2, -0.15) is 0 Å². The highest BCUT2D eigenvalue weighted by Gasteiger charge is 2.43. The van der Waals surface area contributed by atoms with Crippen LogP contribution in [-0.2, 0) is 32.9 Å². The molecule has 286 valence electrons. The lowest BCUT2D eigenvalue weighted by Crippen LogP contribution is -2.38. The number of carboxylic acid groups (broad SMARTS) is 1. The molecule has 5 N–H and O–H groups in total. The highest BCUT2D eigenvalue weighted by Crippen LogP contribution is 2.39. The minimum atomic E-state index is -1.20. The summed E-state index contributed by atoms with van der Waals surface area (Å²) in [7, 11) is 0. The Balaban J connectivity index is 0.000000256. The average molecular weight is 775 g/mol. The van der Waals surface area contributed by atoms with Crippen LogP contribution in [-0.4, -0.2) is 59.3 Å². The lowest BCUT2D eigenvalue weighted by Gasteiger charge is -2.31. The van der Waals surface area contributed by atoms with Crippen molar-refractivity contribution < 1.29 is 34.7 Å². The zero-order valence-corrected chi connectivity index (χ0v) is 31.8. The number of ether oxygens (including phenoxy) is 2. The van der Waals surface area contributed by atoms with Gasteiger partial charge in [0.05, 0.1) is 32.5 Å². The molecule has 0 heterocycles. The monoisotopic (exact) mass is 773 g/mol. The maximum atomic E-state index is 12.4. The fraction of sp³-hybridized carbons (Fsp3) is 0.295. The molecule has 0 aliphatic carbocycles. The fourth-order valence-electron chi connectivity index (χ4n) is 6.08. The Morgan fingerprint density at radius 3 is 1.81 bits per heavy atom. The molecule has 8 nitrogen and oxygen atoms in total. The second-order valence-electron chi connectivity index (χ2n) is 12.7. The van der Waals surface area contributed by atoms with Gasteiger partial charge in [0.2, 0.25) is 0 Å². The van der Waals surface area contributed by atoms with E-state index < -0.39 is 17.5 Å². The number of nitrogens with one attached hydrogen (secondary N) is 1. The highest BCUT2D eigenvalue weighted by atomic mass is 35.5. The van der Waals surface area contributed by atoms with Gasteiger partial charge in [-0.05, 0) is 71.5 Å². The first-order valence-corrected chi connectivity index (χ1v) is 18.8. The molecular weight excluding hydrogens is 725 g/mol. The van der Waals surface area contributed by atoms with Crippen molar-refractivity contribution in [1.82, 2.24) is 5.32 Å². The maximum absolute atomic E-state index is 12.4. The number of benzene rings is 5. The molecule has 5 rings (SSSR count). The maximum Gasteiger partial charge on any atom is 0.323 e. The Morgan fingerprint density at radius 2 is 1.26 bits per heavy atom. The molecular formula is C44H49Cl2NO7. The summed E-state index contributed by atoms with van der Waals surface area (Å²) in [6.07, 6.45) is 3.53. The molecule has 0 radical (unpaired) electrons. The van der Waals surface area contributed by atoms with Crippen molar-refractivity contribution in [3.8, 4) is 5.75 Å². The summed E-state index contributed by atoms with van der Waals surface area (Å²) in [5, 5.41) is 43.6. The smallest absolute Gasteiger partial charge is 0.323 e. The van der Waals surface area contributed by atoms with Crippen molar-refractivity contribution in [3.63, 3.8) is 0 Å². The van der Waals surface area contributed by atoms with E-state index in [1.54, 1.807) is 24.3 Å². The molecule has 5 aromatic carbocycles. The van der Waals surface area contributed by atoms with E-state index in [1.165, 1.54) is 6.07 Å². The van der Waals surface area contributed by atoms with Crippen LogP contribution in [0.1, 0.15) is 65.2 Å². The van der Waals surface area contributed by atoms with E-state index >= 15 is 0 Å². The van der Waals surface area contributed by atoms with Gasteiger partial charge in [0.15, 0.2) is 0 Å². The number of carboxylic acids is 1. The topological polar surface area (TPSA) is 128 Å². The molecule has 10 heteroatoms. The zero-order chi connectivity index (χ0) is 38.6. The first-order valence-electron chi connectivity index (χ1n) is 18.1. The van der Waals surface area contributed by atoms with E-state index in [0.717, 1.165) is 54.5 Å². The Bertz CT molecular complexity index is 1730. The van der Waals surface area contributed by atoms with Gasteiger partial charge < -0.3 is 35.2 Å². The van der Waals surface area contributed by atoms with E-state index in [0.29, 0.717) is 54.1 Å². The summed E-state index contributed by atoms with van der Waals surface area (Å²) in [6.45, 7) is 3.23. The van der Waals surface area contributed by atoms with Gasteiger partial charge in [0.25, 0.3) is 0 Å². The number of halogens is 2. The molecule has 0 unspecified atom stereocenters. The van der Waals surface area contributed by atoms with Crippen LogP contribution < -0.4 is 5.32 Å². The van der Waals surface area contributed by atoms with Gasteiger partial charge in [0, 0.05) is 28.8 Å². The Hall–Kier alpha value is -4.25. The minimum Gasteiger partial charge on any atom is -0.508 e. The Kier molecular flexibility index (Phi) is 18.0. The summed E-state index contributed by atoms with van der Waals surface area (Å²) < 4.78 is 11.2. The van der Waals surface area contributed by atoms with Crippen LogP contribution >= 0.6 is 23.2 Å². The van der Waals surface area contributed by atoms with Crippen LogP contribution in [0.2, 0.25) is 10.0 Å². The van der Waals surface area contributed by atoms with Gasteiger partial charge in [-0.15, -0.1) is 0 Å². The quantitative estimate of drug-likeness (QED) is 0.0393. The predicted octanol–water partition coefficient (Wildman–Crippen LogP) is 8.71. The molecule has 0 aromatic heterocycles. The summed E-state index contributed by atoms with van der Waals surface area (Å²) >= 11 is 12.0. The van der Waals surface area contributed by atoms with Crippen LogP contribution in [0.3, 0.4) is 0 Å². The van der Waals surface area contributed by atoms with Crippen molar-refractivity contribution in [3.05, 3.63) is 171 Å². The van der Waals surface area contributed by atoms with Crippen molar-refractivity contribution in [2.75, 3.05) is 32.9 Å². The molecule has 0 bridgehead atoms. The van der Waals surface area contributed by atoms with E-state index in [2.05, 4.69) is 5.32 Å². The molecule has 0 saturated carbocycles. The summed E-state index contributed by atoms with van der Waals surface area (Å²) in [4.78, 5) is 12.4. The van der Waals surface area contributed by atoms with Gasteiger partial charge in [-0.3, -0.25) is 4.79 Å². The lowest BCUT2D eigenvalue weighted by molar-refractivity contribution is -0.140. The van der Waals surface area contributed by atoms with Crippen molar-refractivity contribution in [2.45, 2.75) is 50.4 Å². The summed E-state index contributed by atoms with van der Waals surface area (Å²) in [5.74, 6) is -0.841. The Morgan fingerprint density at radius 1 is 0.685 bits per heavy atom. The Labute approximate surface area is 327 Å². The van der Waals surface area contributed by atoms with E-state index in [-0.39, 0.29) is 12.4 Å². The second kappa shape index (κ2) is 22.8. The van der Waals surface area contributed by atoms with E-state index in [1.807, 2.05) is 97.1 Å². The number of aliphatic carboxylic acids is 1. The number of hydrogen-bond donors (Lipinski definition) is 5. The average Bonchev–Trinajstić information content (AvgIpc) is 3.19.